The minimum Gasteiger partial charge on any atom is -0.456 e. The maximum absolute atomic E-state index is 9.78. The highest BCUT2D eigenvalue weighted by atomic mass is 32.1. The van der Waals surface area contributed by atoms with Gasteiger partial charge in [-0.1, -0.05) is 145 Å². The van der Waals surface area contributed by atoms with Crippen LogP contribution in [0.25, 0.3) is 110 Å². The van der Waals surface area contributed by atoms with E-state index in [1.807, 2.05) is 109 Å². The van der Waals surface area contributed by atoms with Gasteiger partial charge < -0.3 is 4.42 Å². The van der Waals surface area contributed by atoms with Crippen LogP contribution in [0.3, 0.4) is 0 Å². The van der Waals surface area contributed by atoms with E-state index in [4.69, 9.17) is 29.0 Å². The molecule has 11 aromatic rings. The molecule has 3 heterocycles. The maximum Gasteiger partial charge on any atom is 0.164 e. The molecule has 0 amide bonds. The van der Waals surface area contributed by atoms with E-state index < -0.39 is 72.5 Å². The molecule has 56 heavy (non-hydrogen) atoms. The van der Waals surface area contributed by atoms with Crippen molar-refractivity contribution in [1.29, 1.82) is 0 Å². The molecule has 262 valence electrons. The second-order valence-corrected chi connectivity index (χ2v) is 14.0. The van der Waals surface area contributed by atoms with Crippen LogP contribution in [-0.2, 0) is 0 Å². The predicted molar refractivity (Wildman–Crippen MR) is 233 cm³/mol. The Labute approximate surface area is 345 Å². The summed E-state index contributed by atoms with van der Waals surface area (Å²) < 4.78 is 124. The topological polar surface area (TPSA) is 51.8 Å². The van der Waals surface area contributed by atoms with Crippen molar-refractivity contribution in [2.75, 3.05) is 0 Å². The molecule has 0 fully saturated rings. The van der Waals surface area contributed by atoms with Crippen LogP contribution >= 0.6 is 11.3 Å². The summed E-state index contributed by atoms with van der Waals surface area (Å²) in [6, 6.07) is 27.9. The minimum atomic E-state index is -0.633. The van der Waals surface area contributed by atoms with Crippen LogP contribution in [0.4, 0.5) is 0 Å². The van der Waals surface area contributed by atoms with Gasteiger partial charge in [-0.3, -0.25) is 0 Å². The van der Waals surface area contributed by atoms with E-state index >= 15 is 0 Å². The van der Waals surface area contributed by atoms with Crippen molar-refractivity contribution in [3.8, 4) is 67.5 Å². The molecule has 0 atom stereocenters. The number of benzene rings is 8. The number of hydrogen-bond donors (Lipinski definition) is 0. The SMILES string of the molecule is [2H]c1c([2H])c([2H])c2c(oc3c([2H])c([2H])c(-c4c([2H])c([2H])c([2H])c5sc6c([2H])c(-c7nc(-c8cccc(-c9ccccc9)c8)nc(-c8cccc(-c9ccccc9)c8)n7)c([2H])c([2H])c6c45)c([2H])c32)c1[2H]. The molecule has 0 unspecified atom stereocenters. The van der Waals surface area contributed by atoms with Gasteiger partial charge >= 0.3 is 0 Å². The fourth-order valence-corrected chi connectivity index (χ4v) is 7.88. The van der Waals surface area contributed by atoms with E-state index in [2.05, 4.69) is 0 Å². The Morgan fingerprint density at radius 2 is 1.00 bits per heavy atom. The highest BCUT2D eigenvalue weighted by Gasteiger charge is 2.17. The first-order valence-corrected chi connectivity index (χ1v) is 18.4. The molecule has 0 aliphatic carbocycles. The lowest BCUT2D eigenvalue weighted by atomic mass is 9.97. The van der Waals surface area contributed by atoms with Gasteiger partial charge in [-0.15, -0.1) is 11.3 Å². The summed E-state index contributed by atoms with van der Waals surface area (Å²) in [5.41, 5.74) is 3.48. The van der Waals surface area contributed by atoms with Crippen molar-refractivity contribution >= 4 is 53.4 Å². The zero-order valence-corrected chi connectivity index (χ0v) is 29.9. The van der Waals surface area contributed by atoms with Crippen molar-refractivity contribution in [1.82, 2.24) is 15.0 Å². The van der Waals surface area contributed by atoms with Gasteiger partial charge in [0.25, 0.3) is 0 Å². The van der Waals surface area contributed by atoms with Crippen LogP contribution in [0.5, 0.6) is 0 Å². The molecule has 0 N–H and O–H groups in total. The van der Waals surface area contributed by atoms with Gasteiger partial charge in [0.2, 0.25) is 0 Å². The van der Waals surface area contributed by atoms with Crippen LogP contribution in [-0.4, -0.2) is 15.0 Å². The predicted octanol–water partition coefficient (Wildman–Crippen LogP) is 14.1. The lowest BCUT2D eigenvalue weighted by Gasteiger charge is -2.11. The van der Waals surface area contributed by atoms with E-state index in [1.165, 1.54) is 0 Å². The van der Waals surface area contributed by atoms with Crippen molar-refractivity contribution in [3.05, 3.63) is 188 Å². The first kappa shape index (κ1) is 21.6. The van der Waals surface area contributed by atoms with Gasteiger partial charge in [0.05, 0.1) is 17.8 Å². The number of nitrogens with zero attached hydrogens (tertiary/aromatic N) is 3. The highest BCUT2D eigenvalue weighted by Crippen LogP contribution is 2.43. The van der Waals surface area contributed by atoms with Gasteiger partial charge in [-0.05, 0) is 75.7 Å². The van der Waals surface area contributed by atoms with Crippen molar-refractivity contribution in [2.45, 2.75) is 0 Å². The van der Waals surface area contributed by atoms with E-state index in [-0.39, 0.29) is 82.3 Å². The Morgan fingerprint density at radius 1 is 0.411 bits per heavy atom. The number of rotatable bonds is 6. The first-order chi connectivity index (χ1) is 33.2. The van der Waals surface area contributed by atoms with Crippen molar-refractivity contribution in [2.24, 2.45) is 0 Å². The molecular weight excluding hydrogens is 703 g/mol. The molecule has 4 nitrogen and oxygen atoms in total. The summed E-state index contributed by atoms with van der Waals surface area (Å²) in [4.78, 5) is 14.7. The molecule has 0 aliphatic heterocycles. The van der Waals surface area contributed by atoms with E-state index in [1.54, 1.807) is 0 Å². The number of furan rings is 1. The number of para-hydroxylation sites is 1. The second-order valence-electron chi connectivity index (χ2n) is 13.0. The van der Waals surface area contributed by atoms with Crippen molar-refractivity contribution in [3.63, 3.8) is 0 Å². The van der Waals surface area contributed by atoms with Gasteiger partial charge in [0, 0.05) is 47.6 Å². The monoisotopic (exact) mass is 746 g/mol. The summed E-state index contributed by atoms with van der Waals surface area (Å²) >= 11 is 0.869. The van der Waals surface area contributed by atoms with Gasteiger partial charge in [0.15, 0.2) is 17.5 Å². The van der Waals surface area contributed by atoms with E-state index in [9.17, 15) is 8.22 Å². The highest BCUT2D eigenvalue weighted by molar-refractivity contribution is 7.26. The number of thiophene rings is 1. The largest absolute Gasteiger partial charge is 0.456 e. The lowest BCUT2D eigenvalue weighted by molar-refractivity contribution is 0.669. The fourth-order valence-electron chi connectivity index (χ4n) is 6.86. The van der Waals surface area contributed by atoms with Gasteiger partial charge in [-0.2, -0.15) is 0 Å². The summed E-state index contributed by atoms with van der Waals surface area (Å²) in [6.45, 7) is 0. The zero-order valence-electron chi connectivity index (χ0n) is 42.1. The Balaban J connectivity index is 1.19. The molecular formula is C51H31N3OS. The number of hydrogen-bond acceptors (Lipinski definition) is 5. The zero-order chi connectivity index (χ0) is 48.3. The Kier molecular flexibility index (Phi) is 5.12. The molecule has 8 aromatic carbocycles. The molecule has 0 spiro atoms. The third-order valence-corrected chi connectivity index (χ3v) is 10.5. The molecule has 0 radical (unpaired) electrons. The third-order valence-electron chi connectivity index (χ3n) is 9.52. The van der Waals surface area contributed by atoms with Crippen molar-refractivity contribution < 1.29 is 22.2 Å². The Morgan fingerprint density at radius 3 is 1.70 bits per heavy atom. The quantitative estimate of drug-likeness (QED) is 0.170. The van der Waals surface area contributed by atoms with Gasteiger partial charge in [0.1, 0.15) is 11.2 Å². The summed E-state index contributed by atoms with van der Waals surface area (Å²) in [7, 11) is 0. The van der Waals surface area contributed by atoms with Crippen LogP contribution in [0, 0.1) is 0 Å². The molecule has 0 saturated carbocycles. The molecule has 0 bridgehead atoms. The van der Waals surface area contributed by atoms with Crippen LogP contribution in [0.1, 0.15) is 17.8 Å². The third kappa shape index (κ3) is 5.65. The Hall–Kier alpha value is -7.21. The molecule has 3 aromatic heterocycles. The van der Waals surface area contributed by atoms with E-state index in [0.717, 1.165) is 33.6 Å². The molecule has 11 rings (SSSR count). The summed E-state index contributed by atoms with van der Waals surface area (Å²) in [5.74, 6) is 0.388. The fraction of sp³-hybridized carbons (Fsp3) is 0. The maximum atomic E-state index is 9.78. The molecule has 0 aliphatic rings. The normalized spacial score (nSPS) is 14.8. The molecule has 5 heteroatoms. The number of fused-ring (bicyclic) bond motifs is 6. The average molecular weight is 747 g/mol. The molecule has 0 saturated heterocycles. The lowest BCUT2D eigenvalue weighted by Crippen LogP contribution is -2.00. The standard InChI is InChI=1S/C51H31N3OS/c1-3-12-32(13-4-1)34-16-9-18-37(28-34)49-52-50(38-19-10-17-35(29-38)33-14-5-2-6-15-33)54-51(53-49)39-24-26-42-47(31-39)56-46-23-11-21-40(48(42)46)36-25-27-45-43(30-36)41-20-7-8-22-44(41)55-45/h1-31H/i7D,8D,11D,20D,21D,22D,23D,24D,25D,26D,27D,30D,31D. The first-order valence-electron chi connectivity index (χ1n) is 24.1. The summed E-state index contributed by atoms with van der Waals surface area (Å²) in [5, 5.41) is -0.542. The van der Waals surface area contributed by atoms with Gasteiger partial charge in [-0.25, -0.2) is 15.0 Å². The smallest absolute Gasteiger partial charge is 0.164 e. The minimum absolute atomic E-state index is 0.0245. The Bertz CT molecular complexity index is 3910. The van der Waals surface area contributed by atoms with Crippen LogP contribution < -0.4 is 0 Å². The second kappa shape index (κ2) is 13.3. The van der Waals surface area contributed by atoms with Crippen LogP contribution in [0.2, 0.25) is 0 Å². The van der Waals surface area contributed by atoms with Crippen LogP contribution in [0.15, 0.2) is 192 Å². The number of aromatic nitrogens is 3. The van der Waals surface area contributed by atoms with E-state index in [0.29, 0.717) is 11.1 Å². The summed E-state index contributed by atoms with van der Waals surface area (Å²) in [6.07, 6.45) is 0. The average Bonchev–Trinajstić information content (AvgIpc) is 3.99.